The van der Waals surface area contributed by atoms with E-state index in [0.717, 1.165) is 12.0 Å². The number of ether oxygens (including phenoxy) is 1. The van der Waals surface area contributed by atoms with E-state index < -0.39 is 0 Å². The van der Waals surface area contributed by atoms with Crippen LogP contribution < -0.4 is 15.8 Å². The molecule has 4 aromatic rings. The molecule has 164 valence electrons. The first-order valence-electron chi connectivity index (χ1n) is 10.5. The van der Waals surface area contributed by atoms with Crippen LogP contribution in [0.15, 0.2) is 53.6 Å². The Bertz CT molecular complexity index is 1310. The lowest BCUT2D eigenvalue weighted by Crippen LogP contribution is -2.26. The van der Waals surface area contributed by atoms with Gasteiger partial charge in [0.1, 0.15) is 22.6 Å². The molecule has 0 saturated carbocycles. The molecule has 8 nitrogen and oxygen atoms in total. The number of carbonyl (C=O) groups is 1. The van der Waals surface area contributed by atoms with Gasteiger partial charge >= 0.3 is 0 Å². The number of carbonyl (C=O) groups excluding carboxylic acids is 1. The summed E-state index contributed by atoms with van der Waals surface area (Å²) in [4.78, 5) is 22.4. The molecule has 3 N–H and O–H groups in total. The molecule has 32 heavy (non-hydrogen) atoms. The molecule has 4 rings (SSSR count). The largest absolute Gasteiger partial charge is 0.496 e. The molecule has 0 aliphatic rings. The van der Waals surface area contributed by atoms with E-state index in [1.165, 1.54) is 4.68 Å². The first-order chi connectivity index (χ1) is 15.5. The third kappa shape index (κ3) is 4.12. The molecular formula is C24H26N6O2. The maximum absolute atomic E-state index is 13.0. The van der Waals surface area contributed by atoms with Gasteiger partial charge in [-0.2, -0.15) is 9.78 Å². The van der Waals surface area contributed by atoms with Gasteiger partial charge in [-0.1, -0.05) is 38.1 Å². The van der Waals surface area contributed by atoms with E-state index in [9.17, 15) is 4.79 Å². The minimum atomic E-state index is -0.288. The number of nitrogens with two attached hydrogens (primary N) is 1. The molecule has 2 heterocycles. The van der Waals surface area contributed by atoms with Gasteiger partial charge in [0.2, 0.25) is 0 Å². The van der Waals surface area contributed by atoms with Gasteiger partial charge in [-0.15, -0.1) is 0 Å². The summed E-state index contributed by atoms with van der Waals surface area (Å²) >= 11 is 0. The number of rotatable bonds is 7. The fourth-order valence-electron chi connectivity index (χ4n) is 3.44. The zero-order valence-corrected chi connectivity index (χ0v) is 18.4. The number of nitrogen functional groups attached to an aromatic ring is 1. The van der Waals surface area contributed by atoms with E-state index in [-0.39, 0.29) is 17.3 Å². The average Bonchev–Trinajstić information content (AvgIpc) is 3.06. The van der Waals surface area contributed by atoms with E-state index >= 15 is 0 Å². The number of hydrogen-bond acceptors (Lipinski definition) is 6. The van der Waals surface area contributed by atoms with Crippen molar-refractivity contribution in [1.82, 2.24) is 20.0 Å². The Morgan fingerprint density at radius 1 is 1.16 bits per heavy atom. The van der Waals surface area contributed by atoms with Crippen molar-refractivity contribution in [2.45, 2.75) is 20.3 Å². The van der Waals surface area contributed by atoms with Gasteiger partial charge in [0.15, 0.2) is 5.65 Å². The van der Waals surface area contributed by atoms with Gasteiger partial charge < -0.3 is 15.8 Å². The van der Waals surface area contributed by atoms with Gasteiger partial charge in [-0.3, -0.25) is 4.79 Å². The summed E-state index contributed by atoms with van der Waals surface area (Å²) in [5, 5.41) is 7.48. The van der Waals surface area contributed by atoms with E-state index in [2.05, 4.69) is 29.2 Å². The van der Waals surface area contributed by atoms with Crippen molar-refractivity contribution in [3.8, 4) is 5.75 Å². The molecule has 0 atom stereocenters. The third-order valence-corrected chi connectivity index (χ3v) is 5.16. The van der Waals surface area contributed by atoms with Gasteiger partial charge in [0.25, 0.3) is 5.91 Å². The topological polar surface area (TPSA) is 107 Å². The van der Waals surface area contributed by atoms with Crippen molar-refractivity contribution < 1.29 is 9.53 Å². The van der Waals surface area contributed by atoms with Crippen LogP contribution in [0.1, 0.15) is 36.2 Å². The fourth-order valence-corrected chi connectivity index (χ4v) is 3.44. The summed E-state index contributed by atoms with van der Waals surface area (Å²) in [6, 6.07) is 15.0. The van der Waals surface area contributed by atoms with Crippen molar-refractivity contribution in [1.29, 1.82) is 0 Å². The van der Waals surface area contributed by atoms with Crippen LogP contribution in [0, 0.1) is 5.92 Å². The first-order valence-corrected chi connectivity index (χ1v) is 10.5. The molecule has 0 unspecified atom stereocenters. The summed E-state index contributed by atoms with van der Waals surface area (Å²) < 4.78 is 6.85. The zero-order chi connectivity index (χ0) is 22.7. The van der Waals surface area contributed by atoms with E-state index in [4.69, 9.17) is 15.5 Å². The maximum atomic E-state index is 13.0. The lowest BCUT2D eigenvalue weighted by atomic mass is 10.1. The second-order valence-corrected chi connectivity index (χ2v) is 7.88. The number of aromatic nitrogens is 3. The van der Waals surface area contributed by atoms with Crippen LogP contribution in [-0.4, -0.2) is 40.4 Å². The number of amides is 1. The highest BCUT2D eigenvalue weighted by Crippen LogP contribution is 2.28. The monoisotopic (exact) mass is 430 g/mol. The quantitative estimate of drug-likeness (QED) is 0.433. The third-order valence-electron chi connectivity index (χ3n) is 5.16. The fraction of sp³-hybridized carbons (Fsp3) is 0.250. The Labute approximate surface area is 186 Å². The number of hydrogen-bond donors (Lipinski definition) is 2. The molecule has 2 aromatic carbocycles. The smallest absolute Gasteiger partial charge is 0.257 e. The Kier molecular flexibility index (Phi) is 6.02. The number of benzene rings is 2. The van der Waals surface area contributed by atoms with Crippen molar-refractivity contribution in [3.05, 3.63) is 59.7 Å². The number of nitrogens with one attached hydrogen (secondary N) is 1. The van der Waals surface area contributed by atoms with Crippen LogP contribution in [0.3, 0.4) is 0 Å². The number of fused-ring (bicyclic) bond motifs is 2. The number of para-hydroxylation sites is 3. The van der Waals surface area contributed by atoms with E-state index in [1.807, 2.05) is 48.5 Å². The summed E-state index contributed by atoms with van der Waals surface area (Å²) in [6.07, 6.45) is 2.50. The molecule has 0 saturated heterocycles. The molecule has 0 aliphatic carbocycles. The van der Waals surface area contributed by atoms with Crippen molar-refractivity contribution in [2.24, 2.45) is 11.0 Å². The zero-order valence-electron chi connectivity index (χ0n) is 18.4. The van der Waals surface area contributed by atoms with Gasteiger partial charge in [-0.25, -0.2) is 9.97 Å². The molecule has 0 bridgehead atoms. The van der Waals surface area contributed by atoms with Crippen molar-refractivity contribution >= 4 is 40.1 Å². The summed E-state index contributed by atoms with van der Waals surface area (Å²) in [7, 11) is 1.60. The minimum Gasteiger partial charge on any atom is -0.496 e. The highest BCUT2D eigenvalue weighted by Gasteiger charge is 2.24. The average molecular weight is 431 g/mol. The summed E-state index contributed by atoms with van der Waals surface area (Å²) in [5.74, 6) is 1.05. The van der Waals surface area contributed by atoms with E-state index in [1.54, 1.807) is 13.3 Å². The molecule has 8 heteroatoms. The molecule has 0 spiro atoms. The standard InChI is InChI=1S/C24H26N6O2/c1-15(2)12-13-26-24(31)20-21-23(29-18-10-6-5-9-17(18)28-21)30(22(20)25)27-14-16-8-4-7-11-19(16)32-3/h4-11,14-15H,12-13,25H2,1-3H3,(H,26,31). The van der Waals surface area contributed by atoms with Gasteiger partial charge in [0.05, 0.1) is 24.4 Å². The molecule has 0 aliphatic heterocycles. The van der Waals surface area contributed by atoms with Gasteiger partial charge in [-0.05, 0) is 36.6 Å². The van der Waals surface area contributed by atoms with E-state index in [0.29, 0.717) is 40.4 Å². The van der Waals surface area contributed by atoms with Crippen LogP contribution in [0.2, 0.25) is 0 Å². The summed E-state index contributed by atoms with van der Waals surface area (Å²) in [6.45, 7) is 4.77. The van der Waals surface area contributed by atoms with Crippen molar-refractivity contribution in [2.75, 3.05) is 19.4 Å². The lowest BCUT2D eigenvalue weighted by molar-refractivity contribution is 0.0954. The van der Waals surface area contributed by atoms with Crippen LogP contribution in [0.5, 0.6) is 5.75 Å². The molecule has 0 fully saturated rings. The van der Waals surface area contributed by atoms with Crippen LogP contribution in [0.25, 0.3) is 22.2 Å². The molecule has 0 radical (unpaired) electrons. The predicted octanol–water partition coefficient (Wildman–Crippen LogP) is 3.83. The van der Waals surface area contributed by atoms with Gasteiger partial charge in [0, 0.05) is 12.1 Å². The number of methoxy groups -OCH3 is 1. The lowest BCUT2D eigenvalue weighted by Gasteiger charge is -2.07. The number of nitrogens with zero attached hydrogens (tertiary/aromatic N) is 4. The molecular weight excluding hydrogens is 404 g/mol. The van der Waals surface area contributed by atoms with Crippen LogP contribution in [0.4, 0.5) is 5.82 Å². The predicted molar refractivity (Wildman–Crippen MR) is 127 cm³/mol. The first kappa shape index (κ1) is 21.3. The summed E-state index contributed by atoms with van der Waals surface area (Å²) in [5.41, 5.74) is 9.68. The van der Waals surface area contributed by atoms with Crippen LogP contribution in [-0.2, 0) is 0 Å². The van der Waals surface area contributed by atoms with Crippen molar-refractivity contribution in [3.63, 3.8) is 0 Å². The Morgan fingerprint density at radius 3 is 2.56 bits per heavy atom. The maximum Gasteiger partial charge on any atom is 0.257 e. The second kappa shape index (κ2) is 9.05. The highest BCUT2D eigenvalue weighted by molar-refractivity contribution is 6.10. The normalized spacial score (nSPS) is 11.6. The molecule has 1 amide bonds. The minimum absolute atomic E-state index is 0.184. The second-order valence-electron chi connectivity index (χ2n) is 7.88. The Balaban J connectivity index is 1.84. The van der Waals surface area contributed by atoms with Crippen LogP contribution >= 0.6 is 0 Å². The SMILES string of the molecule is COc1ccccc1C=Nn1c(N)c(C(=O)NCCC(C)C)c2nc3ccccc3nc21. The number of anilines is 1. The Hall–Kier alpha value is -3.94. The highest BCUT2D eigenvalue weighted by atomic mass is 16.5. The Morgan fingerprint density at radius 2 is 1.84 bits per heavy atom. The molecule has 2 aromatic heterocycles.